The van der Waals surface area contributed by atoms with Crippen molar-refractivity contribution in [3.8, 4) is 10.6 Å². The maximum atomic E-state index is 11.4. The number of thiazole rings is 1. The molecule has 0 atom stereocenters. The van der Waals surface area contributed by atoms with Crippen LogP contribution in [0, 0.1) is 6.92 Å². The van der Waals surface area contributed by atoms with Crippen molar-refractivity contribution >= 4 is 37.5 Å². The molecule has 3 rings (SSSR count). The van der Waals surface area contributed by atoms with Crippen LogP contribution in [0.4, 0.5) is 5.69 Å². The molecule has 0 bridgehead atoms. The molecule has 0 aliphatic rings. The van der Waals surface area contributed by atoms with Gasteiger partial charge in [0.05, 0.1) is 10.2 Å². The molecule has 0 unspecified atom stereocenters. The molecule has 7 heteroatoms. The second-order valence-corrected chi connectivity index (χ2v) is 7.53. The molecular weight excluding hydrogens is 318 g/mol. The van der Waals surface area contributed by atoms with Gasteiger partial charge in [0, 0.05) is 18.3 Å². The quantitative estimate of drug-likeness (QED) is 0.770. The van der Waals surface area contributed by atoms with E-state index in [0.717, 1.165) is 20.8 Å². The highest BCUT2D eigenvalue weighted by Crippen LogP contribution is 2.31. The van der Waals surface area contributed by atoms with Gasteiger partial charge in [-0.2, -0.15) is 8.42 Å². The molecular formula is C15H15N3O2S2. The summed E-state index contributed by atoms with van der Waals surface area (Å²) in [6.07, 6.45) is 0. The number of rotatable bonds is 4. The summed E-state index contributed by atoms with van der Waals surface area (Å²) in [6, 6.07) is 13.3. The average molecular weight is 333 g/mol. The van der Waals surface area contributed by atoms with Crippen molar-refractivity contribution in [2.24, 2.45) is 0 Å². The molecule has 0 aliphatic heterocycles. The lowest BCUT2D eigenvalue weighted by atomic mass is 10.2. The maximum Gasteiger partial charge on any atom is 0.298 e. The molecule has 2 N–H and O–H groups in total. The van der Waals surface area contributed by atoms with E-state index >= 15 is 0 Å². The normalized spacial score (nSPS) is 11.7. The summed E-state index contributed by atoms with van der Waals surface area (Å²) in [4.78, 5) is 4.61. The van der Waals surface area contributed by atoms with Crippen LogP contribution in [0.5, 0.6) is 0 Å². The van der Waals surface area contributed by atoms with Gasteiger partial charge >= 0.3 is 0 Å². The lowest BCUT2D eigenvalue weighted by Gasteiger charge is -2.06. The summed E-state index contributed by atoms with van der Waals surface area (Å²) in [5.74, 6) is 0. The van der Waals surface area contributed by atoms with Crippen LogP contribution < -0.4 is 9.44 Å². The van der Waals surface area contributed by atoms with Crippen molar-refractivity contribution in [2.45, 2.75) is 6.92 Å². The van der Waals surface area contributed by atoms with E-state index in [1.165, 1.54) is 12.6 Å². The second-order valence-electron chi connectivity index (χ2n) is 4.88. The standard InChI is InChI=1S/C15H15N3O2S2/c1-10-3-8-13-14(9-10)21-15(17-13)11-4-6-12(7-5-11)18-22(19,20)16-2/h3-9,16,18H,1-2H3. The third-order valence-electron chi connectivity index (χ3n) is 3.20. The van der Waals surface area contributed by atoms with E-state index in [9.17, 15) is 8.42 Å². The topological polar surface area (TPSA) is 71.1 Å². The van der Waals surface area contributed by atoms with Gasteiger partial charge in [-0.25, -0.2) is 9.71 Å². The Morgan fingerprint density at radius 3 is 2.50 bits per heavy atom. The fourth-order valence-electron chi connectivity index (χ4n) is 2.04. The van der Waals surface area contributed by atoms with Gasteiger partial charge < -0.3 is 0 Å². The van der Waals surface area contributed by atoms with E-state index in [1.807, 2.05) is 24.3 Å². The van der Waals surface area contributed by atoms with E-state index in [1.54, 1.807) is 23.5 Å². The Morgan fingerprint density at radius 2 is 1.82 bits per heavy atom. The minimum Gasteiger partial charge on any atom is -0.271 e. The Balaban J connectivity index is 1.91. The zero-order valence-corrected chi connectivity index (χ0v) is 13.8. The molecule has 2 aromatic carbocycles. The summed E-state index contributed by atoms with van der Waals surface area (Å²) >= 11 is 1.63. The lowest BCUT2D eigenvalue weighted by molar-refractivity contribution is 0.593. The Labute approximate surface area is 133 Å². The number of hydrogen-bond acceptors (Lipinski definition) is 4. The van der Waals surface area contributed by atoms with Gasteiger partial charge in [0.25, 0.3) is 10.2 Å². The van der Waals surface area contributed by atoms with Crippen LogP contribution in [-0.4, -0.2) is 20.4 Å². The molecule has 0 saturated carbocycles. The van der Waals surface area contributed by atoms with Crippen LogP contribution in [0.25, 0.3) is 20.8 Å². The van der Waals surface area contributed by atoms with E-state index in [4.69, 9.17) is 0 Å². The Hall–Kier alpha value is -1.96. The minimum absolute atomic E-state index is 0.509. The summed E-state index contributed by atoms with van der Waals surface area (Å²) in [5, 5.41) is 0.920. The first kappa shape index (κ1) is 15.0. The molecule has 0 amide bonds. The Bertz CT molecular complexity index is 916. The average Bonchev–Trinajstić information content (AvgIpc) is 2.90. The van der Waals surface area contributed by atoms with Gasteiger partial charge in [0.2, 0.25) is 0 Å². The highest BCUT2D eigenvalue weighted by Gasteiger charge is 2.09. The summed E-state index contributed by atoms with van der Waals surface area (Å²) < 4.78 is 28.7. The lowest BCUT2D eigenvalue weighted by Crippen LogP contribution is -2.26. The largest absolute Gasteiger partial charge is 0.298 e. The number of hydrogen-bond donors (Lipinski definition) is 2. The Morgan fingerprint density at radius 1 is 1.09 bits per heavy atom. The summed E-state index contributed by atoms with van der Waals surface area (Å²) in [6.45, 7) is 2.06. The molecule has 1 heterocycles. The Kier molecular flexibility index (Phi) is 3.86. The van der Waals surface area contributed by atoms with Crippen molar-refractivity contribution in [3.05, 3.63) is 48.0 Å². The van der Waals surface area contributed by atoms with Crippen LogP contribution >= 0.6 is 11.3 Å². The molecule has 5 nitrogen and oxygen atoms in total. The maximum absolute atomic E-state index is 11.4. The number of nitrogens with one attached hydrogen (secondary N) is 2. The molecule has 1 aromatic heterocycles. The van der Waals surface area contributed by atoms with Crippen molar-refractivity contribution in [1.82, 2.24) is 9.71 Å². The predicted octanol–water partition coefficient (Wildman–Crippen LogP) is 3.15. The first-order valence-corrected chi connectivity index (χ1v) is 8.96. The van der Waals surface area contributed by atoms with Crippen molar-refractivity contribution in [1.29, 1.82) is 0 Å². The van der Waals surface area contributed by atoms with E-state index in [-0.39, 0.29) is 0 Å². The number of anilines is 1. The van der Waals surface area contributed by atoms with Gasteiger partial charge in [0.1, 0.15) is 5.01 Å². The van der Waals surface area contributed by atoms with Crippen LogP contribution in [0.1, 0.15) is 5.56 Å². The fraction of sp³-hybridized carbons (Fsp3) is 0.133. The molecule has 0 radical (unpaired) electrons. The highest BCUT2D eigenvalue weighted by molar-refractivity contribution is 7.90. The number of fused-ring (bicyclic) bond motifs is 1. The SMILES string of the molecule is CNS(=O)(=O)Nc1ccc(-c2nc3ccc(C)cc3s2)cc1. The summed E-state index contributed by atoms with van der Waals surface area (Å²) in [5.41, 5.74) is 3.66. The molecule has 22 heavy (non-hydrogen) atoms. The molecule has 0 fully saturated rings. The zero-order chi connectivity index (χ0) is 15.7. The zero-order valence-electron chi connectivity index (χ0n) is 12.1. The van der Waals surface area contributed by atoms with Gasteiger partial charge in [-0.3, -0.25) is 4.72 Å². The van der Waals surface area contributed by atoms with Crippen molar-refractivity contribution in [2.75, 3.05) is 11.8 Å². The van der Waals surface area contributed by atoms with Gasteiger partial charge in [-0.1, -0.05) is 6.07 Å². The second kappa shape index (κ2) is 5.68. The van der Waals surface area contributed by atoms with Gasteiger partial charge in [-0.15, -0.1) is 11.3 Å². The molecule has 3 aromatic rings. The minimum atomic E-state index is -3.49. The number of benzene rings is 2. The van der Waals surface area contributed by atoms with Gasteiger partial charge in [0.15, 0.2) is 0 Å². The van der Waals surface area contributed by atoms with Gasteiger partial charge in [-0.05, 0) is 48.9 Å². The highest BCUT2D eigenvalue weighted by atomic mass is 32.2. The molecule has 114 valence electrons. The van der Waals surface area contributed by atoms with Crippen molar-refractivity contribution < 1.29 is 8.42 Å². The monoisotopic (exact) mass is 333 g/mol. The number of aromatic nitrogens is 1. The van der Waals surface area contributed by atoms with Crippen LogP contribution in [0.3, 0.4) is 0 Å². The van der Waals surface area contributed by atoms with E-state index < -0.39 is 10.2 Å². The molecule has 0 spiro atoms. The smallest absolute Gasteiger partial charge is 0.271 e. The first-order chi connectivity index (χ1) is 10.5. The first-order valence-electron chi connectivity index (χ1n) is 6.66. The van der Waals surface area contributed by atoms with Crippen LogP contribution in [-0.2, 0) is 10.2 Å². The van der Waals surface area contributed by atoms with Crippen LogP contribution in [0.2, 0.25) is 0 Å². The molecule has 0 aliphatic carbocycles. The van der Waals surface area contributed by atoms with E-state index in [2.05, 4.69) is 27.4 Å². The third kappa shape index (κ3) is 3.11. The van der Waals surface area contributed by atoms with Crippen molar-refractivity contribution in [3.63, 3.8) is 0 Å². The third-order valence-corrected chi connectivity index (χ3v) is 5.31. The number of aryl methyl sites for hydroxylation is 1. The predicted molar refractivity (Wildman–Crippen MR) is 91.4 cm³/mol. The fourth-order valence-corrected chi connectivity index (χ4v) is 3.66. The number of nitrogens with zero attached hydrogens (tertiary/aromatic N) is 1. The molecule has 0 saturated heterocycles. The summed E-state index contributed by atoms with van der Waals surface area (Å²) in [7, 11) is -2.13. The van der Waals surface area contributed by atoms with Crippen LogP contribution in [0.15, 0.2) is 42.5 Å². The van der Waals surface area contributed by atoms with E-state index in [0.29, 0.717) is 5.69 Å².